The highest BCUT2D eigenvalue weighted by Crippen LogP contribution is 2.32. The molecule has 2 rings (SSSR count). The molecule has 2 heterocycles. The van der Waals surface area contributed by atoms with Crippen molar-refractivity contribution in [3.05, 3.63) is 21.8 Å². The van der Waals surface area contributed by atoms with Crippen LogP contribution in [0, 0.1) is 5.92 Å². The molecular formula is C12H17BrClN3. The second kappa shape index (κ2) is 5.55. The van der Waals surface area contributed by atoms with Gasteiger partial charge in [-0.05, 0) is 54.2 Å². The first-order valence-electron chi connectivity index (χ1n) is 5.89. The van der Waals surface area contributed by atoms with Gasteiger partial charge >= 0.3 is 0 Å². The van der Waals surface area contributed by atoms with E-state index in [-0.39, 0.29) is 0 Å². The molecule has 0 saturated carbocycles. The van der Waals surface area contributed by atoms with Gasteiger partial charge in [-0.3, -0.25) is 0 Å². The van der Waals surface area contributed by atoms with E-state index in [0.29, 0.717) is 17.0 Å². The number of nitrogens with two attached hydrogens (primary N) is 1. The summed E-state index contributed by atoms with van der Waals surface area (Å²) in [6.07, 6.45) is 4.07. The highest BCUT2D eigenvalue weighted by Gasteiger charge is 2.26. The fourth-order valence-corrected chi connectivity index (χ4v) is 3.15. The van der Waals surface area contributed by atoms with Gasteiger partial charge in [0, 0.05) is 18.8 Å². The molecule has 1 aromatic rings. The largest absolute Gasteiger partial charge is 0.353 e. The van der Waals surface area contributed by atoms with Crippen molar-refractivity contribution in [2.24, 2.45) is 11.7 Å². The Morgan fingerprint density at radius 1 is 1.59 bits per heavy atom. The Morgan fingerprint density at radius 2 is 2.35 bits per heavy atom. The zero-order valence-corrected chi connectivity index (χ0v) is 12.2. The average Bonchev–Trinajstić information content (AvgIpc) is 2.30. The molecule has 2 unspecified atom stereocenters. The van der Waals surface area contributed by atoms with Crippen molar-refractivity contribution < 1.29 is 0 Å². The van der Waals surface area contributed by atoms with Gasteiger partial charge in [0.15, 0.2) is 0 Å². The lowest BCUT2D eigenvalue weighted by molar-refractivity contribution is 0.371. The molecule has 0 spiro atoms. The number of aromatic nitrogens is 1. The van der Waals surface area contributed by atoms with Gasteiger partial charge in [-0.15, -0.1) is 0 Å². The Bertz CT molecular complexity index is 399. The molecule has 17 heavy (non-hydrogen) atoms. The van der Waals surface area contributed by atoms with Crippen molar-refractivity contribution in [1.29, 1.82) is 0 Å². The third kappa shape index (κ3) is 2.92. The number of pyridine rings is 1. The van der Waals surface area contributed by atoms with Crippen LogP contribution in [-0.2, 0) is 0 Å². The van der Waals surface area contributed by atoms with Gasteiger partial charge in [0.05, 0.1) is 9.50 Å². The maximum atomic E-state index is 5.92. The van der Waals surface area contributed by atoms with Crippen LogP contribution in [0.1, 0.15) is 19.8 Å². The number of nitrogens with zero attached hydrogens (tertiary/aromatic N) is 2. The molecule has 5 heteroatoms. The van der Waals surface area contributed by atoms with Crippen LogP contribution in [0.2, 0.25) is 5.02 Å². The molecule has 3 nitrogen and oxygen atoms in total. The molecule has 94 valence electrons. The van der Waals surface area contributed by atoms with E-state index in [1.165, 1.54) is 12.8 Å². The number of hydrogen-bond donors (Lipinski definition) is 1. The molecule has 0 aromatic carbocycles. The van der Waals surface area contributed by atoms with Crippen molar-refractivity contribution in [3.8, 4) is 0 Å². The van der Waals surface area contributed by atoms with E-state index in [9.17, 15) is 0 Å². The third-order valence-corrected chi connectivity index (χ3v) is 4.16. The number of anilines is 1. The summed E-state index contributed by atoms with van der Waals surface area (Å²) < 4.78 is 0.953. The van der Waals surface area contributed by atoms with Crippen LogP contribution in [-0.4, -0.2) is 24.1 Å². The molecule has 0 amide bonds. The minimum atomic E-state index is 0.503. The van der Waals surface area contributed by atoms with Crippen molar-refractivity contribution >= 4 is 33.3 Å². The lowest BCUT2D eigenvalue weighted by atomic mass is 9.93. The van der Waals surface area contributed by atoms with Crippen LogP contribution in [0.3, 0.4) is 0 Å². The minimum absolute atomic E-state index is 0.503. The van der Waals surface area contributed by atoms with Crippen molar-refractivity contribution in [3.63, 3.8) is 0 Å². The maximum Gasteiger partial charge on any atom is 0.143 e. The zero-order valence-electron chi connectivity index (χ0n) is 9.87. The number of hydrogen-bond acceptors (Lipinski definition) is 3. The van der Waals surface area contributed by atoms with Gasteiger partial charge in [0.2, 0.25) is 0 Å². The Labute approximate surface area is 115 Å². The molecular weight excluding hydrogens is 302 g/mol. The molecule has 1 aromatic heterocycles. The van der Waals surface area contributed by atoms with E-state index in [4.69, 9.17) is 17.3 Å². The van der Waals surface area contributed by atoms with Crippen LogP contribution in [0.5, 0.6) is 0 Å². The smallest absolute Gasteiger partial charge is 0.143 e. The van der Waals surface area contributed by atoms with E-state index in [1.807, 2.05) is 6.07 Å². The maximum absolute atomic E-state index is 5.92. The summed E-state index contributed by atoms with van der Waals surface area (Å²) in [6, 6.07) is 2.39. The highest BCUT2D eigenvalue weighted by molar-refractivity contribution is 9.10. The van der Waals surface area contributed by atoms with Crippen LogP contribution < -0.4 is 10.6 Å². The van der Waals surface area contributed by atoms with E-state index in [1.54, 1.807) is 6.20 Å². The molecule has 1 saturated heterocycles. The van der Waals surface area contributed by atoms with E-state index < -0.39 is 0 Å². The van der Waals surface area contributed by atoms with Gasteiger partial charge in [-0.1, -0.05) is 11.6 Å². The summed E-state index contributed by atoms with van der Waals surface area (Å²) in [7, 11) is 0. The number of halogens is 2. The fourth-order valence-electron chi connectivity index (χ4n) is 2.29. The van der Waals surface area contributed by atoms with Crippen molar-refractivity contribution in [1.82, 2.24) is 4.98 Å². The summed E-state index contributed by atoms with van der Waals surface area (Å²) in [5.41, 5.74) is 5.77. The second-order valence-corrected chi connectivity index (χ2v) is 5.93. The quantitative estimate of drug-likeness (QED) is 0.911. The summed E-state index contributed by atoms with van der Waals surface area (Å²) in [5, 5.41) is 0.653. The average molecular weight is 319 g/mol. The first-order valence-corrected chi connectivity index (χ1v) is 7.06. The van der Waals surface area contributed by atoms with E-state index >= 15 is 0 Å². The van der Waals surface area contributed by atoms with E-state index in [0.717, 1.165) is 23.4 Å². The monoisotopic (exact) mass is 317 g/mol. The lowest BCUT2D eigenvalue weighted by Crippen LogP contribution is -2.44. The summed E-state index contributed by atoms with van der Waals surface area (Å²) >= 11 is 9.45. The third-order valence-electron chi connectivity index (χ3n) is 3.37. The van der Waals surface area contributed by atoms with Gasteiger partial charge in [0.1, 0.15) is 5.82 Å². The van der Waals surface area contributed by atoms with Crippen LogP contribution >= 0.6 is 27.5 Å². The fraction of sp³-hybridized carbons (Fsp3) is 0.583. The van der Waals surface area contributed by atoms with E-state index in [2.05, 4.69) is 32.7 Å². The predicted octanol–water partition coefficient (Wildman–Crippen LogP) is 3.06. The Hall–Kier alpha value is -0.320. The Morgan fingerprint density at radius 3 is 3.00 bits per heavy atom. The van der Waals surface area contributed by atoms with Gasteiger partial charge < -0.3 is 10.6 Å². The van der Waals surface area contributed by atoms with Crippen molar-refractivity contribution in [2.45, 2.75) is 25.8 Å². The Kier molecular flexibility index (Phi) is 4.28. The summed E-state index contributed by atoms with van der Waals surface area (Å²) in [5.74, 6) is 1.54. The second-order valence-electron chi connectivity index (χ2n) is 4.64. The first-order chi connectivity index (χ1) is 8.11. The molecule has 1 aliphatic rings. The van der Waals surface area contributed by atoms with Gasteiger partial charge in [0.25, 0.3) is 0 Å². The summed E-state index contributed by atoms with van der Waals surface area (Å²) in [6.45, 7) is 3.95. The molecule has 2 atom stereocenters. The highest BCUT2D eigenvalue weighted by atomic mass is 79.9. The predicted molar refractivity (Wildman–Crippen MR) is 75.5 cm³/mol. The van der Waals surface area contributed by atoms with Crippen LogP contribution in [0.4, 0.5) is 5.82 Å². The SMILES string of the molecule is CC1CCC(CN)CN1c1ncc(Cl)cc1Br. The minimum Gasteiger partial charge on any atom is -0.353 e. The van der Waals surface area contributed by atoms with Gasteiger partial charge in [-0.25, -0.2) is 4.98 Å². The van der Waals surface area contributed by atoms with Crippen molar-refractivity contribution in [2.75, 3.05) is 18.0 Å². The molecule has 0 radical (unpaired) electrons. The van der Waals surface area contributed by atoms with Gasteiger partial charge in [-0.2, -0.15) is 0 Å². The first kappa shape index (κ1) is 13.1. The zero-order chi connectivity index (χ0) is 12.4. The molecule has 1 aliphatic heterocycles. The normalized spacial score (nSPS) is 25.1. The molecule has 1 fully saturated rings. The topological polar surface area (TPSA) is 42.1 Å². The standard InChI is InChI=1S/C12H17BrClN3/c1-8-2-3-9(5-15)7-17(8)12-11(13)4-10(14)6-16-12/h4,6,8-9H,2-3,5,7,15H2,1H3. The Balaban J connectivity index is 2.24. The van der Waals surface area contributed by atoms with Crippen LogP contribution in [0.15, 0.2) is 16.7 Å². The lowest BCUT2D eigenvalue weighted by Gasteiger charge is -2.39. The number of rotatable bonds is 2. The summed E-state index contributed by atoms with van der Waals surface area (Å²) in [4.78, 5) is 6.75. The molecule has 0 aliphatic carbocycles. The molecule has 2 N–H and O–H groups in total. The molecule has 0 bridgehead atoms. The number of piperidine rings is 1. The van der Waals surface area contributed by atoms with Crippen LogP contribution in [0.25, 0.3) is 0 Å².